The number of rotatable bonds is 5. The van der Waals surface area contributed by atoms with Crippen molar-refractivity contribution in [2.45, 2.75) is 13.5 Å². The molecule has 0 aliphatic carbocycles. The highest BCUT2D eigenvalue weighted by molar-refractivity contribution is 7.89. The van der Waals surface area contributed by atoms with Gasteiger partial charge in [0.05, 0.1) is 18.0 Å². The third-order valence-corrected chi connectivity index (χ3v) is 4.84. The Hall–Kier alpha value is -1.64. The van der Waals surface area contributed by atoms with Crippen LogP contribution in [0.3, 0.4) is 0 Å². The van der Waals surface area contributed by atoms with Crippen LogP contribution in [0.4, 0.5) is 0 Å². The van der Waals surface area contributed by atoms with Crippen LogP contribution in [-0.2, 0) is 16.6 Å². The lowest BCUT2D eigenvalue weighted by atomic mass is 10.1. The minimum atomic E-state index is -3.24. The Morgan fingerprint density at radius 1 is 1.30 bits per heavy atom. The lowest BCUT2D eigenvalue weighted by molar-refractivity contribution is 0.404. The van der Waals surface area contributed by atoms with Gasteiger partial charge in [-0.3, -0.25) is 0 Å². The van der Waals surface area contributed by atoms with Crippen LogP contribution in [0.15, 0.2) is 23.6 Å². The summed E-state index contributed by atoms with van der Waals surface area (Å²) in [7, 11) is -3.24. The molecule has 0 saturated heterocycles. The summed E-state index contributed by atoms with van der Waals surface area (Å²) in [4.78, 5) is 4.29. The van der Waals surface area contributed by atoms with E-state index in [1.54, 1.807) is 18.4 Å². The first-order chi connectivity index (χ1) is 9.41. The molecule has 0 fully saturated rings. The highest BCUT2D eigenvalue weighted by Crippen LogP contribution is 2.30. The van der Waals surface area contributed by atoms with Gasteiger partial charge >= 0.3 is 0 Å². The van der Waals surface area contributed by atoms with Crippen LogP contribution in [0.1, 0.15) is 11.9 Å². The van der Waals surface area contributed by atoms with E-state index in [4.69, 9.17) is 0 Å². The third-order valence-electron chi connectivity index (χ3n) is 2.65. The summed E-state index contributed by atoms with van der Waals surface area (Å²) in [5.74, 6) is -0.388. The number of phenols is 2. The molecule has 0 bridgehead atoms. The molecule has 0 amide bonds. The SMILES string of the molecule is CCS(=O)(=O)NCc1nc(-c2ccc(O)c(O)c2)cs1. The van der Waals surface area contributed by atoms with Crippen molar-refractivity contribution < 1.29 is 18.6 Å². The molecule has 2 rings (SSSR count). The number of nitrogens with zero attached hydrogens (tertiary/aromatic N) is 1. The summed E-state index contributed by atoms with van der Waals surface area (Å²) in [6.07, 6.45) is 0. The smallest absolute Gasteiger partial charge is 0.211 e. The fourth-order valence-electron chi connectivity index (χ4n) is 1.48. The van der Waals surface area contributed by atoms with Crippen molar-refractivity contribution in [1.29, 1.82) is 0 Å². The summed E-state index contributed by atoms with van der Waals surface area (Å²) in [5, 5.41) is 21.1. The third kappa shape index (κ3) is 3.47. The highest BCUT2D eigenvalue weighted by Gasteiger charge is 2.10. The van der Waals surface area contributed by atoms with E-state index < -0.39 is 10.0 Å². The first kappa shape index (κ1) is 14.8. The van der Waals surface area contributed by atoms with E-state index in [0.717, 1.165) is 0 Å². The zero-order chi connectivity index (χ0) is 14.8. The van der Waals surface area contributed by atoms with Crippen molar-refractivity contribution in [1.82, 2.24) is 9.71 Å². The maximum absolute atomic E-state index is 11.3. The number of sulfonamides is 1. The zero-order valence-corrected chi connectivity index (χ0v) is 12.3. The maximum Gasteiger partial charge on any atom is 0.211 e. The van der Waals surface area contributed by atoms with Crippen molar-refractivity contribution in [3.63, 3.8) is 0 Å². The first-order valence-corrected chi connectivity index (χ1v) is 8.38. The number of hydrogen-bond donors (Lipinski definition) is 3. The van der Waals surface area contributed by atoms with E-state index in [1.165, 1.54) is 23.5 Å². The minimum Gasteiger partial charge on any atom is -0.504 e. The molecule has 0 aliphatic rings. The van der Waals surface area contributed by atoms with Gasteiger partial charge in [0.2, 0.25) is 10.0 Å². The average Bonchev–Trinajstić information content (AvgIpc) is 2.89. The van der Waals surface area contributed by atoms with Gasteiger partial charge in [-0.05, 0) is 25.1 Å². The summed E-state index contributed by atoms with van der Waals surface area (Å²) < 4.78 is 25.1. The molecule has 8 heteroatoms. The van der Waals surface area contributed by atoms with Crippen LogP contribution in [0.5, 0.6) is 11.5 Å². The lowest BCUT2D eigenvalue weighted by Crippen LogP contribution is -2.24. The second-order valence-electron chi connectivity index (χ2n) is 4.05. The molecule has 1 aromatic heterocycles. The minimum absolute atomic E-state index is 0.0249. The number of hydrogen-bond acceptors (Lipinski definition) is 6. The molecular weight excluding hydrogens is 300 g/mol. The van der Waals surface area contributed by atoms with E-state index >= 15 is 0 Å². The molecule has 1 heterocycles. The Balaban J connectivity index is 2.14. The molecule has 0 unspecified atom stereocenters. The molecular formula is C12H14N2O4S2. The molecule has 1 aromatic carbocycles. The number of benzene rings is 1. The molecule has 0 spiro atoms. The highest BCUT2D eigenvalue weighted by atomic mass is 32.2. The van der Waals surface area contributed by atoms with Gasteiger partial charge < -0.3 is 10.2 Å². The molecule has 0 aliphatic heterocycles. The van der Waals surface area contributed by atoms with Gasteiger partial charge in [-0.25, -0.2) is 18.1 Å². The zero-order valence-electron chi connectivity index (χ0n) is 10.7. The second-order valence-corrected chi connectivity index (χ2v) is 7.09. The summed E-state index contributed by atoms with van der Waals surface area (Å²) in [6.45, 7) is 1.71. The molecule has 3 N–H and O–H groups in total. The normalized spacial score (nSPS) is 11.7. The average molecular weight is 314 g/mol. The number of aromatic hydroxyl groups is 2. The number of aromatic nitrogens is 1. The first-order valence-electron chi connectivity index (χ1n) is 5.85. The van der Waals surface area contributed by atoms with Gasteiger partial charge in [-0.2, -0.15) is 0 Å². The quantitative estimate of drug-likeness (QED) is 0.729. The van der Waals surface area contributed by atoms with Crippen molar-refractivity contribution in [3.05, 3.63) is 28.6 Å². The van der Waals surface area contributed by atoms with E-state index in [2.05, 4.69) is 9.71 Å². The number of thiazole rings is 1. The fourth-order valence-corrected chi connectivity index (χ4v) is 2.88. The Kier molecular flexibility index (Phi) is 4.26. The standard InChI is InChI=1S/C12H14N2O4S2/c1-2-20(17,18)13-6-12-14-9(7-19-12)8-3-4-10(15)11(16)5-8/h3-5,7,13,15-16H,2,6H2,1H3. The van der Waals surface area contributed by atoms with Gasteiger partial charge in [0.1, 0.15) is 5.01 Å². The molecule has 0 atom stereocenters. The van der Waals surface area contributed by atoms with Crippen LogP contribution < -0.4 is 4.72 Å². The molecule has 108 valence electrons. The van der Waals surface area contributed by atoms with Gasteiger partial charge in [-0.15, -0.1) is 11.3 Å². The lowest BCUT2D eigenvalue weighted by Gasteiger charge is -2.01. The van der Waals surface area contributed by atoms with Crippen LogP contribution in [-0.4, -0.2) is 29.4 Å². The van der Waals surface area contributed by atoms with E-state index in [-0.39, 0.29) is 23.8 Å². The van der Waals surface area contributed by atoms with Gasteiger partial charge in [-0.1, -0.05) is 0 Å². The largest absolute Gasteiger partial charge is 0.504 e. The van der Waals surface area contributed by atoms with Crippen molar-refractivity contribution in [2.75, 3.05) is 5.75 Å². The van der Waals surface area contributed by atoms with Crippen molar-refractivity contribution >= 4 is 21.4 Å². The topological polar surface area (TPSA) is 99.5 Å². The van der Waals surface area contributed by atoms with Crippen molar-refractivity contribution in [2.24, 2.45) is 0 Å². The summed E-state index contributed by atoms with van der Waals surface area (Å²) in [6, 6.07) is 4.41. The fraction of sp³-hybridized carbons (Fsp3) is 0.250. The van der Waals surface area contributed by atoms with Gasteiger partial charge in [0.15, 0.2) is 11.5 Å². The summed E-state index contributed by atoms with van der Waals surface area (Å²) >= 11 is 1.32. The van der Waals surface area contributed by atoms with E-state index in [1.807, 2.05) is 0 Å². The van der Waals surface area contributed by atoms with Crippen LogP contribution in [0.25, 0.3) is 11.3 Å². The molecule has 2 aromatic rings. The Morgan fingerprint density at radius 2 is 2.05 bits per heavy atom. The van der Waals surface area contributed by atoms with Crippen LogP contribution >= 0.6 is 11.3 Å². The van der Waals surface area contributed by atoms with Crippen LogP contribution in [0.2, 0.25) is 0 Å². The predicted molar refractivity (Wildman–Crippen MR) is 77.2 cm³/mol. The molecule has 20 heavy (non-hydrogen) atoms. The van der Waals surface area contributed by atoms with Gasteiger partial charge in [0, 0.05) is 10.9 Å². The predicted octanol–water partition coefficient (Wildman–Crippen LogP) is 1.66. The molecule has 0 radical (unpaired) electrons. The van der Waals surface area contributed by atoms with E-state index in [0.29, 0.717) is 16.3 Å². The van der Waals surface area contributed by atoms with Crippen LogP contribution in [0, 0.1) is 0 Å². The number of nitrogens with one attached hydrogen (secondary N) is 1. The Morgan fingerprint density at radius 3 is 2.70 bits per heavy atom. The molecule has 0 saturated carbocycles. The monoisotopic (exact) mass is 314 g/mol. The second kappa shape index (κ2) is 5.78. The Labute approximate surface area is 120 Å². The van der Waals surface area contributed by atoms with E-state index in [9.17, 15) is 18.6 Å². The summed E-state index contributed by atoms with van der Waals surface area (Å²) in [5.41, 5.74) is 1.28. The Bertz CT molecular complexity index is 710. The maximum atomic E-state index is 11.3. The number of phenolic OH excluding ortho intramolecular Hbond substituents is 2. The van der Waals surface area contributed by atoms with Crippen molar-refractivity contribution in [3.8, 4) is 22.8 Å². The van der Waals surface area contributed by atoms with Gasteiger partial charge in [0.25, 0.3) is 0 Å². The molecule has 6 nitrogen and oxygen atoms in total.